The molecular weight excluding hydrogens is 242 g/mol. The zero-order valence-corrected chi connectivity index (χ0v) is 11.1. The molecule has 0 radical (unpaired) electrons. The summed E-state index contributed by atoms with van der Waals surface area (Å²) in [6.07, 6.45) is 5.85. The fourth-order valence-corrected chi connectivity index (χ4v) is 2.58. The molecule has 0 spiro atoms. The molecule has 3 nitrogen and oxygen atoms in total. The molecule has 18 heavy (non-hydrogen) atoms. The zero-order valence-electron chi connectivity index (χ0n) is 10.3. The summed E-state index contributed by atoms with van der Waals surface area (Å²) < 4.78 is 0. The van der Waals surface area contributed by atoms with Gasteiger partial charge >= 0.3 is 0 Å². The third-order valence-corrected chi connectivity index (χ3v) is 3.71. The molecule has 3 aromatic rings. The Morgan fingerprint density at radius 3 is 2.83 bits per heavy atom. The van der Waals surface area contributed by atoms with E-state index in [1.54, 1.807) is 11.8 Å². The van der Waals surface area contributed by atoms with Crippen LogP contribution in [0.2, 0.25) is 0 Å². The predicted molar refractivity (Wildman–Crippen MR) is 75.8 cm³/mol. The Labute approximate surface area is 110 Å². The van der Waals surface area contributed by atoms with Gasteiger partial charge in [-0.3, -0.25) is 5.10 Å². The van der Waals surface area contributed by atoms with Crippen LogP contribution in [0.25, 0.3) is 22.0 Å². The second-order valence-corrected chi connectivity index (χ2v) is 5.00. The molecule has 0 aliphatic heterocycles. The maximum Gasteiger partial charge on any atom is 0.0960 e. The van der Waals surface area contributed by atoms with Gasteiger partial charge in [-0.15, -0.1) is 11.8 Å². The number of nitrogens with zero attached hydrogens (tertiary/aromatic N) is 2. The van der Waals surface area contributed by atoms with E-state index < -0.39 is 0 Å². The van der Waals surface area contributed by atoms with E-state index in [4.69, 9.17) is 0 Å². The van der Waals surface area contributed by atoms with Gasteiger partial charge in [0.1, 0.15) is 0 Å². The number of H-pyrrole nitrogens is 1. The molecule has 3 rings (SSSR count). The number of aromatic nitrogens is 3. The number of thioether (sulfide) groups is 1. The Kier molecular flexibility index (Phi) is 2.80. The van der Waals surface area contributed by atoms with Gasteiger partial charge in [-0.25, -0.2) is 4.98 Å². The first-order valence-electron chi connectivity index (χ1n) is 5.72. The van der Waals surface area contributed by atoms with Gasteiger partial charge in [0, 0.05) is 17.1 Å². The minimum atomic E-state index is 1.05. The van der Waals surface area contributed by atoms with Crippen LogP contribution in [0.1, 0.15) is 5.56 Å². The van der Waals surface area contributed by atoms with Crippen LogP contribution >= 0.6 is 11.8 Å². The zero-order chi connectivity index (χ0) is 12.5. The van der Waals surface area contributed by atoms with Gasteiger partial charge in [0.25, 0.3) is 0 Å². The van der Waals surface area contributed by atoms with Crippen LogP contribution in [0.4, 0.5) is 0 Å². The Hall–Kier alpha value is -1.81. The van der Waals surface area contributed by atoms with Gasteiger partial charge in [0.2, 0.25) is 0 Å². The van der Waals surface area contributed by atoms with Crippen LogP contribution < -0.4 is 0 Å². The number of aryl methyl sites for hydroxylation is 1. The summed E-state index contributed by atoms with van der Waals surface area (Å²) in [4.78, 5) is 4.46. The standard InChI is InChI=1S/C14H13N3S/c1-9-6-14(18-2)15-7-11(9)10-4-3-5-13-12(10)8-16-17-13/h3-8H,1-2H3,(H,16,17). The Morgan fingerprint density at radius 2 is 2.06 bits per heavy atom. The molecule has 1 aromatic carbocycles. The lowest BCUT2D eigenvalue weighted by molar-refractivity contribution is 1.12. The fraction of sp³-hybridized carbons (Fsp3) is 0.143. The average Bonchev–Trinajstić information content (AvgIpc) is 2.87. The normalized spacial score (nSPS) is 11.0. The van der Waals surface area contributed by atoms with E-state index in [-0.39, 0.29) is 0 Å². The Balaban J connectivity index is 2.23. The summed E-state index contributed by atoms with van der Waals surface area (Å²) in [6, 6.07) is 8.31. The maximum absolute atomic E-state index is 4.46. The molecule has 0 aliphatic carbocycles. The van der Waals surface area contributed by atoms with E-state index in [1.807, 2.05) is 30.8 Å². The highest BCUT2D eigenvalue weighted by molar-refractivity contribution is 7.98. The Morgan fingerprint density at radius 1 is 1.17 bits per heavy atom. The molecule has 0 atom stereocenters. The number of hydrogen-bond acceptors (Lipinski definition) is 3. The largest absolute Gasteiger partial charge is 0.278 e. The smallest absolute Gasteiger partial charge is 0.0960 e. The number of fused-ring (bicyclic) bond motifs is 1. The molecule has 1 N–H and O–H groups in total. The third kappa shape index (κ3) is 1.78. The first-order valence-corrected chi connectivity index (χ1v) is 6.95. The van der Waals surface area contributed by atoms with Crippen LogP contribution in [-0.4, -0.2) is 21.4 Å². The quantitative estimate of drug-likeness (QED) is 0.711. The average molecular weight is 255 g/mol. The number of aromatic amines is 1. The monoisotopic (exact) mass is 255 g/mol. The second-order valence-electron chi connectivity index (χ2n) is 4.18. The molecule has 2 heterocycles. The van der Waals surface area contributed by atoms with Gasteiger partial charge in [-0.2, -0.15) is 5.10 Å². The van der Waals surface area contributed by atoms with E-state index in [2.05, 4.69) is 34.2 Å². The molecule has 4 heteroatoms. The highest BCUT2D eigenvalue weighted by Gasteiger charge is 2.08. The fourth-order valence-electron chi connectivity index (χ4n) is 2.13. The van der Waals surface area contributed by atoms with Crippen molar-refractivity contribution in [3.63, 3.8) is 0 Å². The summed E-state index contributed by atoms with van der Waals surface area (Å²) in [5.74, 6) is 0. The number of hydrogen-bond donors (Lipinski definition) is 1. The van der Waals surface area contributed by atoms with Crippen molar-refractivity contribution in [1.29, 1.82) is 0 Å². The number of nitrogens with one attached hydrogen (secondary N) is 1. The Bertz CT molecular complexity index is 703. The van der Waals surface area contributed by atoms with Crippen LogP contribution in [0.5, 0.6) is 0 Å². The van der Waals surface area contributed by atoms with Crippen LogP contribution in [0.15, 0.2) is 41.7 Å². The number of benzene rings is 1. The van der Waals surface area contributed by atoms with Crippen molar-refractivity contribution in [2.24, 2.45) is 0 Å². The van der Waals surface area contributed by atoms with Gasteiger partial charge < -0.3 is 0 Å². The molecule has 0 saturated heterocycles. The van der Waals surface area contributed by atoms with Gasteiger partial charge in [-0.1, -0.05) is 12.1 Å². The van der Waals surface area contributed by atoms with Gasteiger partial charge in [0.15, 0.2) is 0 Å². The molecule has 0 amide bonds. The molecule has 0 fully saturated rings. The maximum atomic E-state index is 4.46. The topological polar surface area (TPSA) is 41.6 Å². The minimum Gasteiger partial charge on any atom is -0.278 e. The van der Waals surface area contributed by atoms with E-state index >= 15 is 0 Å². The van der Waals surface area contributed by atoms with Crippen LogP contribution in [0.3, 0.4) is 0 Å². The summed E-state index contributed by atoms with van der Waals surface area (Å²) in [7, 11) is 0. The van der Waals surface area contributed by atoms with Crippen molar-refractivity contribution in [1.82, 2.24) is 15.2 Å². The summed E-state index contributed by atoms with van der Waals surface area (Å²) in [5, 5.41) is 9.29. The molecule has 2 aromatic heterocycles. The predicted octanol–water partition coefficient (Wildman–Crippen LogP) is 3.66. The molecule has 0 aliphatic rings. The second kappa shape index (κ2) is 4.46. The van der Waals surface area contributed by atoms with E-state index in [9.17, 15) is 0 Å². The lowest BCUT2D eigenvalue weighted by Crippen LogP contribution is -1.88. The summed E-state index contributed by atoms with van der Waals surface area (Å²) >= 11 is 1.66. The van der Waals surface area contributed by atoms with Crippen LogP contribution in [-0.2, 0) is 0 Å². The lowest BCUT2D eigenvalue weighted by Gasteiger charge is -2.08. The molecule has 0 unspecified atom stereocenters. The minimum absolute atomic E-state index is 1.05. The number of rotatable bonds is 2. The highest BCUT2D eigenvalue weighted by atomic mass is 32.2. The van der Waals surface area contributed by atoms with Crippen molar-refractivity contribution in [2.75, 3.05) is 6.26 Å². The van der Waals surface area contributed by atoms with Crippen molar-refractivity contribution >= 4 is 22.7 Å². The van der Waals surface area contributed by atoms with Crippen LogP contribution in [0, 0.1) is 6.92 Å². The SMILES string of the molecule is CSc1cc(C)c(-c2cccc3[nH]ncc23)cn1. The molecule has 0 saturated carbocycles. The number of pyridine rings is 1. The molecular formula is C14H13N3S. The molecule has 90 valence electrons. The van der Waals surface area contributed by atoms with E-state index in [1.165, 1.54) is 16.7 Å². The highest BCUT2D eigenvalue weighted by Crippen LogP contribution is 2.30. The lowest BCUT2D eigenvalue weighted by atomic mass is 10.00. The van der Waals surface area contributed by atoms with E-state index in [0.29, 0.717) is 0 Å². The summed E-state index contributed by atoms with van der Waals surface area (Å²) in [6.45, 7) is 2.12. The van der Waals surface area contributed by atoms with Crippen molar-refractivity contribution in [3.8, 4) is 11.1 Å². The first-order chi connectivity index (χ1) is 8.79. The third-order valence-electron chi connectivity index (χ3n) is 3.07. The van der Waals surface area contributed by atoms with Crippen molar-refractivity contribution in [2.45, 2.75) is 11.9 Å². The van der Waals surface area contributed by atoms with E-state index in [0.717, 1.165) is 15.9 Å². The first kappa shape index (κ1) is 11.3. The van der Waals surface area contributed by atoms with Gasteiger partial charge in [-0.05, 0) is 36.4 Å². The molecule has 0 bridgehead atoms. The summed E-state index contributed by atoms with van der Waals surface area (Å²) in [5.41, 5.74) is 4.64. The van der Waals surface area contributed by atoms with Gasteiger partial charge in [0.05, 0.1) is 16.7 Å². The van der Waals surface area contributed by atoms with Crippen molar-refractivity contribution in [3.05, 3.63) is 42.2 Å². The van der Waals surface area contributed by atoms with Crippen molar-refractivity contribution < 1.29 is 0 Å².